The first kappa shape index (κ1) is 9.30. The minimum atomic E-state index is 0.286. The van der Waals surface area contributed by atoms with Crippen molar-refractivity contribution in [3.63, 3.8) is 0 Å². The Morgan fingerprint density at radius 2 is 2.50 bits per heavy atom. The summed E-state index contributed by atoms with van der Waals surface area (Å²) in [6.45, 7) is 8.80. The maximum Gasteiger partial charge on any atom is 0.223 e. The molecule has 0 aromatic heterocycles. The molecule has 0 saturated carbocycles. The Labute approximate surface area is 74.2 Å². The molecule has 1 aliphatic rings. The first-order valence-corrected chi connectivity index (χ1v) is 4.61. The molecule has 1 fully saturated rings. The van der Waals surface area contributed by atoms with E-state index in [-0.39, 0.29) is 5.91 Å². The van der Waals surface area contributed by atoms with Crippen LogP contribution >= 0.6 is 0 Å². The van der Waals surface area contributed by atoms with Gasteiger partial charge in [-0.15, -0.1) is 6.58 Å². The Kier molecular flexibility index (Phi) is 2.90. The molecule has 1 rings (SSSR count). The minimum absolute atomic E-state index is 0.286. The Hall–Kier alpha value is -0.790. The van der Waals surface area contributed by atoms with Gasteiger partial charge in [-0.3, -0.25) is 4.79 Å². The maximum atomic E-state index is 11.4. The molecule has 0 N–H and O–H groups in total. The summed E-state index contributed by atoms with van der Waals surface area (Å²) in [4.78, 5) is 13.4. The molecule has 2 unspecified atom stereocenters. The van der Waals surface area contributed by atoms with Crippen LogP contribution in [0, 0.1) is 5.92 Å². The van der Waals surface area contributed by atoms with E-state index in [9.17, 15) is 4.79 Å². The summed E-state index contributed by atoms with van der Waals surface area (Å²) in [5.41, 5.74) is 0. The number of nitrogens with zero attached hydrogens (tertiary/aromatic N) is 1. The molecule has 0 bridgehead atoms. The minimum Gasteiger partial charge on any atom is -0.339 e. The van der Waals surface area contributed by atoms with Gasteiger partial charge >= 0.3 is 0 Å². The molecule has 0 aromatic carbocycles. The lowest BCUT2D eigenvalue weighted by molar-refractivity contribution is -0.129. The molecule has 0 aromatic rings. The highest BCUT2D eigenvalue weighted by molar-refractivity contribution is 5.79. The highest BCUT2D eigenvalue weighted by Gasteiger charge is 2.29. The van der Waals surface area contributed by atoms with Gasteiger partial charge in [-0.05, 0) is 13.3 Å². The van der Waals surface area contributed by atoms with Crippen LogP contribution in [-0.4, -0.2) is 23.4 Å². The number of hydrogen-bond acceptors (Lipinski definition) is 1. The maximum absolute atomic E-state index is 11.4. The zero-order valence-electron chi connectivity index (χ0n) is 7.92. The van der Waals surface area contributed by atoms with Crippen LogP contribution in [0.3, 0.4) is 0 Å². The fourth-order valence-corrected chi connectivity index (χ4v) is 1.56. The number of amides is 1. The van der Waals surface area contributed by atoms with Crippen LogP contribution in [0.2, 0.25) is 0 Å². The van der Waals surface area contributed by atoms with E-state index in [0.29, 0.717) is 18.4 Å². The van der Waals surface area contributed by atoms with E-state index in [2.05, 4.69) is 20.4 Å². The smallest absolute Gasteiger partial charge is 0.223 e. The van der Waals surface area contributed by atoms with Crippen LogP contribution in [0.5, 0.6) is 0 Å². The van der Waals surface area contributed by atoms with E-state index in [1.807, 2.05) is 11.0 Å². The van der Waals surface area contributed by atoms with Crippen LogP contribution in [0.1, 0.15) is 26.7 Å². The van der Waals surface area contributed by atoms with Crippen molar-refractivity contribution in [3.8, 4) is 0 Å². The standard InChI is InChI=1S/C10H17NO/c1-4-8(3)11-7-9(5-2)6-10(11)12/h5,8-9H,2,4,6-7H2,1,3H3. The molecule has 0 spiro atoms. The van der Waals surface area contributed by atoms with E-state index in [1.54, 1.807) is 0 Å². The summed E-state index contributed by atoms with van der Waals surface area (Å²) in [6, 6.07) is 0.391. The summed E-state index contributed by atoms with van der Waals surface area (Å²) in [6.07, 6.45) is 3.59. The summed E-state index contributed by atoms with van der Waals surface area (Å²) < 4.78 is 0. The fraction of sp³-hybridized carbons (Fsp3) is 0.700. The second kappa shape index (κ2) is 3.74. The lowest BCUT2D eigenvalue weighted by atomic mass is 10.1. The van der Waals surface area contributed by atoms with E-state index in [1.165, 1.54) is 0 Å². The Morgan fingerprint density at radius 1 is 1.83 bits per heavy atom. The molecule has 0 radical (unpaired) electrons. The molecule has 2 nitrogen and oxygen atoms in total. The predicted octanol–water partition coefficient (Wildman–Crippen LogP) is 1.82. The molecule has 12 heavy (non-hydrogen) atoms. The van der Waals surface area contributed by atoms with Crippen molar-refractivity contribution in [1.82, 2.24) is 4.90 Å². The van der Waals surface area contributed by atoms with E-state index in [0.717, 1.165) is 13.0 Å². The highest BCUT2D eigenvalue weighted by Crippen LogP contribution is 2.21. The second-order valence-electron chi connectivity index (χ2n) is 3.50. The van der Waals surface area contributed by atoms with Crippen molar-refractivity contribution >= 4 is 5.91 Å². The summed E-state index contributed by atoms with van der Waals surface area (Å²) in [7, 11) is 0. The number of hydrogen-bond donors (Lipinski definition) is 0. The van der Waals surface area contributed by atoms with Gasteiger partial charge in [0.1, 0.15) is 0 Å². The van der Waals surface area contributed by atoms with Gasteiger partial charge in [-0.2, -0.15) is 0 Å². The molecule has 0 aliphatic carbocycles. The van der Waals surface area contributed by atoms with Gasteiger partial charge in [0.2, 0.25) is 5.91 Å². The largest absolute Gasteiger partial charge is 0.339 e. The average molecular weight is 167 g/mol. The van der Waals surface area contributed by atoms with Crippen LogP contribution in [-0.2, 0) is 4.79 Å². The van der Waals surface area contributed by atoms with Gasteiger partial charge < -0.3 is 4.90 Å². The second-order valence-corrected chi connectivity index (χ2v) is 3.50. The van der Waals surface area contributed by atoms with Gasteiger partial charge in [0.25, 0.3) is 0 Å². The first-order valence-electron chi connectivity index (χ1n) is 4.61. The SMILES string of the molecule is C=CC1CC(=O)N(C(C)CC)C1. The van der Waals surface area contributed by atoms with E-state index >= 15 is 0 Å². The number of rotatable bonds is 3. The van der Waals surface area contributed by atoms with Crippen molar-refractivity contribution in [2.75, 3.05) is 6.54 Å². The summed E-state index contributed by atoms with van der Waals surface area (Å²) in [5.74, 6) is 0.667. The first-order chi connectivity index (χ1) is 5.69. The molecule has 1 heterocycles. The third kappa shape index (κ3) is 1.68. The zero-order chi connectivity index (χ0) is 9.14. The van der Waals surface area contributed by atoms with Crippen LogP contribution in [0.15, 0.2) is 12.7 Å². The van der Waals surface area contributed by atoms with E-state index < -0.39 is 0 Å². The fourth-order valence-electron chi connectivity index (χ4n) is 1.56. The van der Waals surface area contributed by atoms with Crippen molar-refractivity contribution in [2.24, 2.45) is 5.92 Å². The highest BCUT2D eigenvalue weighted by atomic mass is 16.2. The van der Waals surface area contributed by atoms with Crippen molar-refractivity contribution in [1.29, 1.82) is 0 Å². The lowest BCUT2D eigenvalue weighted by Gasteiger charge is -2.23. The third-order valence-electron chi connectivity index (χ3n) is 2.64. The van der Waals surface area contributed by atoms with Crippen molar-refractivity contribution in [3.05, 3.63) is 12.7 Å². The molecule has 1 saturated heterocycles. The Balaban J connectivity index is 2.57. The quantitative estimate of drug-likeness (QED) is 0.587. The van der Waals surface area contributed by atoms with Crippen LogP contribution in [0.25, 0.3) is 0 Å². The van der Waals surface area contributed by atoms with Crippen molar-refractivity contribution in [2.45, 2.75) is 32.7 Å². The molecular formula is C10H17NO. The van der Waals surface area contributed by atoms with Crippen LogP contribution in [0.4, 0.5) is 0 Å². The molecule has 1 amide bonds. The average Bonchev–Trinajstić information content (AvgIpc) is 2.45. The van der Waals surface area contributed by atoms with Gasteiger partial charge in [0.05, 0.1) is 0 Å². The van der Waals surface area contributed by atoms with Gasteiger partial charge in [0.15, 0.2) is 0 Å². The zero-order valence-corrected chi connectivity index (χ0v) is 7.92. The number of carbonyl (C=O) groups excluding carboxylic acids is 1. The summed E-state index contributed by atoms with van der Waals surface area (Å²) >= 11 is 0. The lowest BCUT2D eigenvalue weighted by Crippen LogP contribution is -2.33. The normalized spacial score (nSPS) is 26.0. The van der Waals surface area contributed by atoms with E-state index in [4.69, 9.17) is 0 Å². The predicted molar refractivity (Wildman–Crippen MR) is 49.8 cm³/mol. The third-order valence-corrected chi connectivity index (χ3v) is 2.64. The summed E-state index contributed by atoms with van der Waals surface area (Å²) in [5, 5.41) is 0. The Morgan fingerprint density at radius 3 is 2.92 bits per heavy atom. The van der Waals surface area contributed by atoms with Gasteiger partial charge in [-0.1, -0.05) is 13.0 Å². The topological polar surface area (TPSA) is 20.3 Å². The molecular weight excluding hydrogens is 150 g/mol. The van der Waals surface area contributed by atoms with Crippen LogP contribution < -0.4 is 0 Å². The molecule has 1 aliphatic heterocycles. The number of likely N-dealkylation sites (tertiary alicyclic amines) is 1. The molecule has 2 heteroatoms. The van der Waals surface area contributed by atoms with Gasteiger partial charge in [-0.25, -0.2) is 0 Å². The Bertz CT molecular complexity index is 188. The monoisotopic (exact) mass is 167 g/mol. The number of carbonyl (C=O) groups is 1. The van der Waals surface area contributed by atoms with Gasteiger partial charge in [0, 0.05) is 24.9 Å². The van der Waals surface area contributed by atoms with Crippen molar-refractivity contribution < 1.29 is 4.79 Å². The molecule has 68 valence electrons. The molecule has 2 atom stereocenters.